The third kappa shape index (κ3) is 4.14. The van der Waals surface area contributed by atoms with E-state index in [1.807, 2.05) is 42.3 Å². The predicted molar refractivity (Wildman–Crippen MR) is 119 cm³/mol. The lowest BCUT2D eigenvalue weighted by Crippen LogP contribution is -2.51. The SMILES string of the molecule is COc1ccc(N2CCN(C(=O)CN(C)c3cccc4ccccc34)CC2)cc1. The molecule has 0 N–H and O–H groups in total. The highest BCUT2D eigenvalue weighted by molar-refractivity contribution is 5.95. The maximum absolute atomic E-state index is 12.9. The Bertz CT molecular complexity index is 974. The first kappa shape index (κ1) is 19.1. The van der Waals surface area contributed by atoms with Gasteiger partial charge in [-0.2, -0.15) is 0 Å². The van der Waals surface area contributed by atoms with Crippen LogP contribution >= 0.6 is 0 Å². The summed E-state index contributed by atoms with van der Waals surface area (Å²) in [7, 11) is 3.67. The molecule has 3 aromatic carbocycles. The maximum Gasteiger partial charge on any atom is 0.242 e. The van der Waals surface area contributed by atoms with Gasteiger partial charge in [-0.15, -0.1) is 0 Å². The van der Waals surface area contributed by atoms with Crippen molar-refractivity contribution in [2.45, 2.75) is 0 Å². The molecule has 150 valence electrons. The standard InChI is InChI=1S/C24H27N3O2/c1-25(23-9-5-7-19-6-3-4-8-22(19)23)18-24(28)27-16-14-26(15-17-27)20-10-12-21(29-2)13-11-20/h3-13H,14-18H2,1-2H3. The molecule has 1 saturated heterocycles. The number of rotatable bonds is 5. The lowest BCUT2D eigenvalue weighted by molar-refractivity contribution is -0.129. The van der Waals surface area contributed by atoms with Crippen molar-refractivity contribution in [3.63, 3.8) is 0 Å². The number of benzene rings is 3. The molecular weight excluding hydrogens is 362 g/mol. The summed E-state index contributed by atoms with van der Waals surface area (Å²) < 4.78 is 5.23. The molecule has 4 rings (SSSR count). The molecule has 1 aliphatic heterocycles. The molecule has 3 aromatic rings. The van der Waals surface area contributed by atoms with Gasteiger partial charge in [0, 0.05) is 50.0 Å². The molecule has 0 unspecified atom stereocenters. The molecule has 5 heteroatoms. The zero-order valence-electron chi connectivity index (χ0n) is 17.0. The van der Waals surface area contributed by atoms with Gasteiger partial charge in [0.15, 0.2) is 0 Å². The Hall–Kier alpha value is -3.21. The van der Waals surface area contributed by atoms with Gasteiger partial charge in [-0.1, -0.05) is 36.4 Å². The number of fused-ring (bicyclic) bond motifs is 1. The molecule has 5 nitrogen and oxygen atoms in total. The number of amides is 1. The van der Waals surface area contributed by atoms with E-state index in [2.05, 4.69) is 46.2 Å². The highest BCUT2D eigenvalue weighted by Crippen LogP contribution is 2.26. The number of hydrogen-bond acceptors (Lipinski definition) is 4. The number of hydrogen-bond donors (Lipinski definition) is 0. The molecule has 0 spiro atoms. The summed E-state index contributed by atoms with van der Waals surface area (Å²) in [6.45, 7) is 3.56. The van der Waals surface area contributed by atoms with Crippen molar-refractivity contribution < 1.29 is 9.53 Å². The van der Waals surface area contributed by atoms with Crippen LogP contribution in [0.2, 0.25) is 0 Å². The van der Waals surface area contributed by atoms with Crippen molar-refractivity contribution in [1.82, 2.24) is 4.90 Å². The molecule has 0 aromatic heterocycles. The molecule has 29 heavy (non-hydrogen) atoms. The Balaban J connectivity index is 1.37. The van der Waals surface area contributed by atoms with Crippen LogP contribution in [-0.2, 0) is 4.79 Å². The van der Waals surface area contributed by atoms with Gasteiger partial charge >= 0.3 is 0 Å². The summed E-state index contributed by atoms with van der Waals surface area (Å²) in [6, 6.07) is 22.6. The van der Waals surface area contributed by atoms with Crippen LogP contribution in [0.3, 0.4) is 0 Å². The normalized spacial score (nSPS) is 14.1. The molecule has 1 heterocycles. The third-order valence-electron chi connectivity index (χ3n) is 5.62. The number of carbonyl (C=O) groups is 1. The van der Waals surface area contributed by atoms with Crippen LogP contribution in [0.25, 0.3) is 10.8 Å². The molecule has 1 fully saturated rings. The monoisotopic (exact) mass is 389 g/mol. The van der Waals surface area contributed by atoms with Crippen LogP contribution in [-0.4, -0.2) is 57.7 Å². The Labute approximate surface area is 172 Å². The average Bonchev–Trinajstić information content (AvgIpc) is 2.78. The first-order valence-electron chi connectivity index (χ1n) is 10.0. The quantitative estimate of drug-likeness (QED) is 0.668. The van der Waals surface area contributed by atoms with Crippen LogP contribution in [0.1, 0.15) is 0 Å². The fourth-order valence-electron chi connectivity index (χ4n) is 3.94. The number of nitrogens with zero attached hydrogens (tertiary/aromatic N) is 3. The molecule has 1 amide bonds. The Morgan fingerprint density at radius 3 is 2.34 bits per heavy atom. The first-order chi connectivity index (χ1) is 14.2. The van der Waals surface area contributed by atoms with E-state index in [1.165, 1.54) is 16.5 Å². The summed E-state index contributed by atoms with van der Waals surface area (Å²) in [5.41, 5.74) is 2.26. The van der Waals surface area contributed by atoms with Crippen molar-refractivity contribution in [2.75, 3.05) is 56.7 Å². The van der Waals surface area contributed by atoms with E-state index >= 15 is 0 Å². The van der Waals surface area contributed by atoms with Crippen molar-refractivity contribution in [2.24, 2.45) is 0 Å². The number of piperazine rings is 1. The van der Waals surface area contributed by atoms with E-state index in [4.69, 9.17) is 4.74 Å². The van der Waals surface area contributed by atoms with Crippen LogP contribution in [0, 0.1) is 0 Å². The van der Waals surface area contributed by atoms with Gasteiger partial charge in [-0.3, -0.25) is 4.79 Å². The van der Waals surface area contributed by atoms with Gasteiger partial charge in [-0.25, -0.2) is 0 Å². The second-order valence-corrected chi connectivity index (χ2v) is 7.42. The maximum atomic E-state index is 12.9. The van der Waals surface area contributed by atoms with Crippen LogP contribution in [0.15, 0.2) is 66.7 Å². The van der Waals surface area contributed by atoms with Gasteiger partial charge in [-0.05, 0) is 35.7 Å². The average molecular weight is 389 g/mol. The number of anilines is 2. The molecular formula is C24H27N3O2. The summed E-state index contributed by atoms with van der Waals surface area (Å²) >= 11 is 0. The molecule has 1 aliphatic rings. The minimum atomic E-state index is 0.176. The number of ether oxygens (including phenoxy) is 1. The summed E-state index contributed by atoms with van der Waals surface area (Å²) in [6.07, 6.45) is 0. The highest BCUT2D eigenvalue weighted by Gasteiger charge is 2.22. The van der Waals surface area contributed by atoms with Crippen molar-refractivity contribution in [1.29, 1.82) is 0 Å². The molecule has 0 saturated carbocycles. The Morgan fingerprint density at radius 1 is 0.931 bits per heavy atom. The number of methoxy groups -OCH3 is 1. The van der Waals surface area contributed by atoms with Crippen molar-refractivity contribution >= 4 is 28.1 Å². The molecule has 0 atom stereocenters. The van der Waals surface area contributed by atoms with Gasteiger partial charge in [0.05, 0.1) is 13.7 Å². The first-order valence-corrected chi connectivity index (χ1v) is 10.0. The van der Waals surface area contributed by atoms with Crippen molar-refractivity contribution in [3.8, 4) is 5.75 Å². The minimum absolute atomic E-state index is 0.176. The molecule has 0 aliphatic carbocycles. The lowest BCUT2D eigenvalue weighted by atomic mass is 10.1. The van der Waals surface area contributed by atoms with Crippen molar-refractivity contribution in [3.05, 3.63) is 66.7 Å². The third-order valence-corrected chi connectivity index (χ3v) is 5.62. The zero-order valence-corrected chi connectivity index (χ0v) is 17.0. The highest BCUT2D eigenvalue weighted by atomic mass is 16.5. The van der Waals surface area contributed by atoms with Gasteiger partial charge < -0.3 is 19.4 Å². The van der Waals surface area contributed by atoms with Crippen LogP contribution in [0.4, 0.5) is 11.4 Å². The second kappa shape index (κ2) is 8.43. The zero-order chi connectivity index (χ0) is 20.2. The van der Waals surface area contributed by atoms with Gasteiger partial charge in [0.1, 0.15) is 5.75 Å². The number of likely N-dealkylation sites (N-methyl/N-ethyl adjacent to an activating group) is 1. The summed E-state index contributed by atoms with van der Waals surface area (Å²) in [4.78, 5) is 19.2. The molecule has 0 bridgehead atoms. The van der Waals surface area contributed by atoms with E-state index in [1.54, 1.807) is 7.11 Å². The smallest absolute Gasteiger partial charge is 0.242 e. The van der Waals surface area contributed by atoms with E-state index < -0.39 is 0 Å². The Kier molecular flexibility index (Phi) is 5.56. The van der Waals surface area contributed by atoms with E-state index in [0.29, 0.717) is 6.54 Å². The van der Waals surface area contributed by atoms with E-state index in [0.717, 1.165) is 37.6 Å². The van der Waals surface area contributed by atoms with Crippen LogP contribution in [0.5, 0.6) is 5.75 Å². The van der Waals surface area contributed by atoms with Crippen LogP contribution < -0.4 is 14.5 Å². The molecule has 0 radical (unpaired) electrons. The minimum Gasteiger partial charge on any atom is -0.497 e. The topological polar surface area (TPSA) is 36.0 Å². The number of carbonyl (C=O) groups excluding carboxylic acids is 1. The van der Waals surface area contributed by atoms with E-state index in [-0.39, 0.29) is 5.91 Å². The van der Waals surface area contributed by atoms with E-state index in [9.17, 15) is 4.79 Å². The summed E-state index contributed by atoms with van der Waals surface area (Å²) in [5, 5.41) is 2.37. The second-order valence-electron chi connectivity index (χ2n) is 7.42. The lowest BCUT2D eigenvalue weighted by Gasteiger charge is -2.37. The predicted octanol–water partition coefficient (Wildman–Crippen LogP) is 3.63. The summed E-state index contributed by atoms with van der Waals surface area (Å²) in [5.74, 6) is 1.04. The largest absolute Gasteiger partial charge is 0.497 e. The fourth-order valence-corrected chi connectivity index (χ4v) is 3.94. The van der Waals surface area contributed by atoms with Gasteiger partial charge in [0.25, 0.3) is 0 Å². The Morgan fingerprint density at radius 2 is 1.62 bits per heavy atom. The fraction of sp³-hybridized carbons (Fsp3) is 0.292. The van der Waals surface area contributed by atoms with Gasteiger partial charge in [0.2, 0.25) is 5.91 Å².